The van der Waals surface area contributed by atoms with Crippen LogP contribution in [0.15, 0.2) is 30.3 Å². The Balaban J connectivity index is 2.01. The predicted molar refractivity (Wildman–Crippen MR) is 79.9 cm³/mol. The summed E-state index contributed by atoms with van der Waals surface area (Å²) >= 11 is 0. The normalized spacial score (nSPS) is 25.7. The van der Waals surface area contributed by atoms with E-state index in [0.717, 1.165) is 18.4 Å². The number of carboxylic acids is 1. The minimum absolute atomic E-state index is 0.0387. The Bertz CT molecular complexity index is 432. The third-order valence-electron chi connectivity index (χ3n) is 3.76. The van der Waals surface area contributed by atoms with Gasteiger partial charge in [0.15, 0.2) is 6.29 Å². The number of rotatable bonds is 7. The van der Waals surface area contributed by atoms with Crippen LogP contribution in [0.2, 0.25) is 0 Å². The van der Waals surface area contributed by atoms with Crippen LogP contribution >= 0.6 is 0 Å². The van der Waals surface area contributed by atoms with Gasteiger partial charge in [0.25, 0.3) is 0 Å². The molecule has 1 heterocycles. The van der Waals surface area contributed by atoms with Gasteiger partial charge in [0.2, 0.25) is 0 Å². The first kappa shape index (κ1) is 16.0. The Morgan fingerprint density at radius 1 is 1.19 bits per heavy atom. The lowest BCUT2D eigenvalue weighted by Crippen LogP contribution is -2.35. The van der Waals surface area contributed by atoms with E-state index in [2.05, 4.69) is 6.92 Å². The highest BCUT2D eigenvalue weighted by molar-refractivity contribution is 5.67. The summed E-state index contributed by atoms with van der Waals surface area (Å²) in [6, 6.07) is 9.73. The average molecular weight is 292 g/mol. The summed E-state index contributed by atoms with van der Waals surface area (Å²) in [5.74, 6) is -0.819. The Hall–Kier alpha value is -1.39. The molecule has 1 N–H and O–H groups in total. The second kappa shape index (κ2) is 8.15. The largest absolute Gasteiger partial charge is 0.481 e. The van der Waals surface area contributed by atoms with Crippen molar-refractivity contribution in [2.75, 3.05) is 0 Å². The molecule has 0 saturated carbocycles. The molecule has 0 unspecified atom stereocenters. The summed E-state index contributed by atoms with van der Waals surface area (Å²) in [6.45, 7) is 2.17. The third kappa shape index (κ3) is 5.14. The van der Waals surface area contributed by atoms with Crippen molar-refractivity contribution in [3.63, 3.8) is 0 Å². The first-order valence-corrected chi connectivity index (χ1v) is 7.76. The average Bonchev–Trinajstić information content (AvgIpc) is 2.47. The van der Waals surface area contributed by atoms with Crippen molar-refractivity contribution in [3.8, 4) is 0 Å². The van der Waals surface area contributed by atoms with Gasteiger partial charge in [0.1, 0.15) is 0 Å². The van der Waals surface area contributed by atoms with Crippen molar-refractivity contribution in [1.29, 1.82) is 0 Å². The molecule has 4 heteroatoms. The lowest BCUT2D eigenvalue weighted by molar-refractivity contribution is -0.250. The van der Waals surface area contributed by atoms with Crippen molar-refractivity contribution in [1.82, 2.24) is 0 Å². The van der Waals surface area contributed by atoms with Crippen LogP contribution in [0, 0.1) is 0 Å². The Labute approximate surface area is 126 Å². The van der Waals surface area contributed by atoms with Gasteiger partial charge in [0, 0.05) is 12.0 Å². The fourth-order valence-electron chi connectivity index (χ4n) is 2.69. The summed E-state index contributed by atoms with van der Waals surface area (Å²) in [7, 11) is 0. The second-order valence-electron chi connectivity index (χ2n) is 5.59. The molecule has 1 saturated heterocycles. The van der Waals surface area contributed by atoms with Crippen LogP contribution in [-0.2, 0) is 14.3 Å². The smallest absolute Gasteiger partial charge is 0.305 e. The number of carboxylic acid groups (broad SMARTS) is 1. The fourth-order valence-corrected chi connectivity index (χ4v) is 2.69. The topological polar surface area (TPSA) is 55.8 Å². The van der Waals surface area contributed by atoms with E-state index in [1.54, 1.807) is 0 Å². The molecule has 0 radical (unpaired) electrons. The molecule has 1 aliphatic heterocycles. The highest BCUT2D eigenvalue weighted by Crippen LogP contribution is 2.32. The zero-order valence-electron chi connectivity index (χ0n) is 12.5. The van der Waals surface area contributed by atoms with Crippen LogP contribution in [0.25, 0.3) is 0 Å². The summed E-state index contributed by atoms with van der Waals surface area (Å²) < 4.78 is 11.8. The van der Waals surface area contributed by atoms with Crippen LogP contribution in [0.3, 0.4) is 0 Å². The van der Waals surface area contributed by atoms with Gasteiger partial charge in [-0.2, -0.15) is 0 Å². The number of benzene rings is 1. The maximum atomic E-state index is 11.0. The molecule has 0 aromatic heterocycles. The first-order valence-electron chi connectivity index (χ1n) is 7.76. The second-order valence-corrected chi connectivity index (χ2v) is 5.59. The van der Waals surface area contributed by atoms with Gasteiger partial charge in [-0.1, -0.05) is 56.5 Å². The van der Waals surface area contributed by atoms with Crippen LogP contribution in [0.5, 0.6) is 0 Å². The highest BCUT2D eigenvalue weighted by atomic mass is 16.7. The Morgan fingerprint density at radius 2 is 1.90 bits per heavy atom. The van der Waals surface area contributed by atoms with Crippen molar-refractivity contribution in [2.45, 2.75) is 63.9 Å². The highest BCUT2D eigenvalue weighted by Gasteiger charge is 2.31. The van der Waals surface area contributed by atoms with Gasteiger partial charge in [-0.3, -0.25) is 4.79 Å². The molecule has 1 fully saturated rings. The molecule has 116 valence electrons. The maximum Gasteiger partial charge on any atom is 0.305 e. The Kier molecular flexibility index (Phi) is 6.21. The van der Waals surface area contributed by atoms with E-state index < -0.39 is 12.3 Å². The standard InChI is InChI=1S/C17H24O4/c1-2-3-5-10-14-11-15(12-16(18)19)21-17(20-14)13-8-6-4-7-9-13/h4,6-9,14-15,17H,2-3,5,10-12H2,1H3,(H,18,19)/t14-,15-,17-/m1/s1. The van der Waals surface area contributed by atoms with Gasteiger partial charge in [0.05, 0.1) is 18.6 Å². The van der Waals surface area contributed by atoms with E-state index in [1.165, 1.54) is 12.8 Å². The zero-order chi connectivity index (χ0) is 15.1. The first-order chi connectivity index (χ1) is 10.2. The van der Waals surface area contributed by atoms with Gasteiger partial charge in [-0.15, -0.1) is 0 Å². The van der Waals surface area contributed by atoms with Crippen molar-refractivity contribution in [2.24, 2.45) is 0 Å². The van der Waals surface area contributed by atoms with E-state index in [0.29, 0.717) is 6.42 Å². The van der Waals surface area contributed by atoms with E-state index in [4.69, 9.17) is 14.6 Å². The van der Waals surface area contributed by atoms with Crippen molar-refractivity contribution >= 4 is 5.97 Å². The zero-order valence-corrected chi connectivity index (χ0v) is 12.5. The van der Waals surface area contributed by atoms with E-state index in [1.807, 2.05) is 30.3 Å². The molecular formula is C17H24O4. The lowest BCUT2D eigenvalue weighted by atomic mass is 10.0. The third-order valence-corrected chi connectivity index (χ3v) is 3.76. The maximum absolute atomic E-state index is 11.0. The quantitative estimate of drug-likeness (QED) is 0.774. The molecule has 3 atom stereocenters. The molecule has 1 aliphatic rings. The molecule has 21 heavy (non-hydrogen) atoms. The molecule has 0 spiro atoms. The van der Waals surface area contributed by atoms with Gasteiger partial charge < -0.3 is 14.6 Å². The van der Waals surface area contributed by atoms with E-state index in [9.17, 15) is 4.79 Å². The molecule has 2 rings (SSSR count). The van der Waals surface area contributed by atoms with Gasteiger partial charge in [-0.05, 0) is 6.42 Å². The number of hydrogen-bond acceptors (Lipinski definition) is 3. The van der Waals surface area contributed by atoms with Gasteiger partial charge in [-0.25, -0.2) is 0 Å². The van der Waals surface area contributed by atoms with Crippen LogP contribution in [0.1, 0.15) is 57.3 Å². The summed E-state index contributed by atoms with van der Waals surface area (Å²) in [5, 5.41) is 9.00. The van der Waals surface area contributed by atoms with Gasteiger partial charge >= 0.3 is 5.97 Å². The minimum atomic E-state index is -0.819. The van der Waals surface area contributed by atoms with Crippen LogP contribution in [-0.4, -0.2) is 23.3 Å². The number of carbonyl (C=O) groups is 1. The summed E-state index contributed by atoms with van der Waals surface area (Å²) in [4.78, 5) is 11.0. The summed E-state index contributed by atoms with van der Waals surface area (Å²) in [6.07, 6.45) is 4.50. The fraction of sp³-hybridized carbons (Fsp3) is 0.588. The number of unbranched alkanes of at least 4 members (excludes halogenated alkanes) is 2. The van der Waals surface area contributed by atoms with Crippen molar-refractivity contribution < 1.29 is 19.4 Å². The molecule has 1 aromatic carbocycles. The van der Waals surface area contributed by atoms with E-state index >= 15 is 0 Å². The molecule has 0 amide bonds. The molecule has 1 aromatic rings. The predicted octanol–water partition coefficient (Wildman–Crippen LogP) is 3.91. The van der Waals surface area contributed by atoms with Crippen LogP contribution in [0.4, 0.5) is 0 Å². The number of ether oxygens (including phenoxy) is 2. The minimum Gasteiger partial charge on any atom is -0.481 e. The number of aliphatic carboxylic acids is 1. The summed E-state index contributed by atoms with van der Waals surface area (Å²) in [5.41, 5.74) is 0.952. The van der Waals surface area contributed by atoms with E-state index in [-0.39, 0.29) is 18.6 Å². The molecule has 0 aliphatic carbocycles. The van der Waals surface area contributed by atoms with Crippen molar-refractivity contribution in [3.05, 3.63) is 35.9 Å². The monoisotopic (exact) mass is 292 g/mol. The van der Waals surface area contributed by atoms with Crippen LogP contribution < -0.4 is 0 Å². The molecule has 0 bridgehead atoms. The molecule has 4 nitrogen and oxygen atoms in total. The Morgan fingerprint density at radius 3 is 2.57 bits per heavy atom. The SMILES string of the molecule is CCCCC[C@@H]1C[C@H](CC(=O)O)O[C@H](c2ccccc2)O1. The molecular weight excluding hydrogens is 268 g/mol. The number of hydrogen-bond donors (Lipinski definition) is 1. The lowest BCUT2D eigenvalue weighted by Gasteiger charge is -2.35.